The zero-order chi connectivity index (χ0) is 14.4. The quantitative estimate of drug-likeness (QED) is 0.686. The van der Waals surface area contributed by atoms with Crippen molar-refractivity contribution in [3.05, 3.63) is 45.6 Å². The number of nitrogens with one attached hydrogen (secondary N) is 1. The summed E-state index contributed by atoms with van der Waals surface area (Å²) in [7, 11) is 0. The molecule has 19 heavy (non-hydrogen) atoms. The van der Waals surface area contributed by atoms with Crippen LogP contribution in [-0.4, -0.2) is 18.5 Å². The Morgan fingerprint density at radius 3 is 2.63 bits per heavy atom. The summed E-state index contributed by atoms with van der Waals surface area (Å²) in [5.41, 5.74) is 0.650. The molecule has 0 aliphatic carbocycles. The van der Waals surface area contributed by atoms with Crippen LogP contribution in [0.1, 0.15) is 24.2 Å². The minimum absolute atomic E-state index is 0.244. The fraction of sp³-hybridized carbons (Fsp3) is 0.231. The molecule has 1 aromatic rings. The van der Waals surface area contributed by atoms with Crippen LogP contribution in [0.2, 0.25) is 10.0 Å². The van der Waals surface area contributed by atoms with Crippen molar-refractivity contribution >= 4 is 35.1 Å². The summed E-state index contributed by atoms with van der Waals surface area (Å²) in [6.07, 6.45) is 1.20. The molecular weight excluding hydrogens is 289 g/mol. The zero-order valence-corrected chi connectivity index (χ0v) is 12.0. The third kappa shape index (κ3) is 4.93. The maximum atomic E-state index is 11.9. The molecule has 0 saturated heterocycles. The molecular formula is C13H13Cl2NO3. The molecule has 0 radical (unpaired) electrons. The lowest BCUT2D eigenvalue weighted by molar-refractivity contribution is -0.137. The number of hydrogen-bond acceptors (Lipinski definition) is 3. The van der Waals surface area contributed by atoms with Gasteiger partial charge in [-0.1, -0.05) is 23.2 Å². The van der Waals surface area contributed by atoms with Gasteiger partial charge in [-0.05, 0) is 32.0 Å². The maximum Gasteiger partial charge on any atom is 0.332 e. The van der Waals surface area contributed by atoms with E-state index in [0.29, 0.717) is 10.7 Å². The third-order valence-corrected chi connectivity index (χ3v) is 2.66. The number of rotatable bonds is 4. The van der Waals surface area contributed by atoms with Gasteiger partial charge in [-0.3, -0.25) is 4.79 Å². The molecule has 0 bridgehead atoms. The third-order valence-electron chi connectivity index (χ3n) is 2.11. The van der Waals surface area contributed by atoms with Gasteiger partial charge in [-0.2, -0.15) is 0 Å². The fourth-order valence-electron chi connectivity index (χ4n) is 1.32. The van der Waals surface area contributed by atoms with E-state index in [9.17, 15) is 9.59 Å². The molecule has 0 aromatic heterocycles. The van der Waals surface area contributed by atoms with Crippen molar-refractivity contribution in [2.75, 3.05) is 6.61 Å². The summed E-state index contributed by atoms with van der Waals surface area (Å²) in [4.78, 5) is 23.1. The molecule has 1 amide bonds. The molecule has 0 fully saturated rings. The second-order valence-corrected chi connectivity index (χ2v) is 4.50. The predicted octanol–water partition coefficient (Wildman–Crippen LogP) is 3.19. The fourth-order valence-corrected chi connectivity index (χ4v) is 1.81. The van der Waals surface area contributed by atoms with Crippen molar-refractivity contribution in [1.29, 1.82) is 0 Å². The normalized spacial score (nSPS) is 11.1. The molecule has 0 saturated carbocycles. The van der Waals surface area contributed by atoms with Gasteiger partial charge >= 0.3 is 5.97 Å². The summed E-state index contributed by atoms with van der Waals surface area (Å²) in [6.45, 7) is 3.56. The summed E-state index contributed by atoms with van der Waals surface area (Å²) >= 11 is 11.6. The lowest BCUT2D eigenvalue weighted by Gasteiger charge is -2.07. The number of hydrogen-bond donors (Lipinski definition) is 1. The molecule has 0 aliphatic rings. The van der Waals surface area contributed by atoms with Crippen molar-refractivity contribution in [3.8, 4) is 0 Å². The highest BCUT2D eigenvalue weighted by Crippen LogP contribution is 2.20. The molecule has 1 rings (SSSR count). The molecule has 0 unspecified atom stereocenters. The predicted molar refractivity (Wildman–Crippen MR) is 74.3 cm³/mol. The molecule has 4 nitrogen and oxygen atoms in total. The van der Waals surface area contributed by atoms with Gasteiger partial charge < -0.3 is 10.1 Å². The topological polar surface area (TPSA) is 55.4 Å². The van der Waals surface area contributed by atoms with Crippen LogP contribution < -0.4 is 5.32 Å². The summed E-state index contributed by atoms with van der Waals surface area (Å²) in [5.74, 6) is -0.929. The van der Waals surface area contributed by atoms with Crippen LogP contribution in [0.5, 0.6) is 0 Å². The van der Waals surface area contributed by atoms with E-state index in [4.69, 9.17) is 27.9 Å². The second-order valence-electron chi connectivity index (χ2n) is 3.66. The summed E-state index contributed by atoms with van der Waals surface area (Å²) in [6, 6.07) is 4.55. The van der Waals surface area contributed by atoms with Gasteiger partial charge in [0, 0.05) is 16.8 Å². The number of carbonyl (C=O) groups is 2. The van der Waals surface area contributed by atoms with Gasteiger partial charge in [0.2, 0.25) is 0 Å². The van der Waals surface area contributed by atoms with Crippen LogP contribution in [0.25, 0.3) is 0 Å². The Balaban J connectivity index is 2.77. The van der Waals surface area contributed by atoms with Gasteiger partial charge in [0.25, 0.3) is 5.91 Å². The van der Waals surface area contributed by atoms with Crippen LogP contribution in [0.3, 0.4) is 0 Å². The van der Waals surface area contributed by atoms with Crippen molar-refractivity contribution in [2.45, 2.75) is 13.8 Å². The van der Waals surface area contributed by atoms with E-state index in [1.807, 2.05) is 0 Å². The van der Waals surface area contributed by atoms with Crippen LogP contribution in [0.4, 0.5) is 0 Å². The SMILES string of the molecule is CCOC(=O)/C=C(\C)NC(=O)c1ccc(Cl)cc1Cl. The smallest absolute Gasteiger partial charge is 0.332 e. The van der Waals surface area contributed by atoms with E-state index >= 15 is 0 Å². The van der Waals surface area contributed by atoms with Gasteiger partial charge in [-0.25, -0.2) is 4.79 Å². The first-order valence-electron chi connectivity index (χ1n) is 5.55. The molecule has 1 aromatic carbocycles. The molecule has 0 atom stereocenters. The Hall–Kier alpha value is -1.52. The van der Waals surface area contributed by atoms with E-state index < -0.39 is 11.9 Å². The van der Waals surface area contributed by atoms with Crippen LogP contribution in [-0.2, 0) is 9.53 Å². The van der Waals surface area contributed by atoms with E-state index in [1.165, 1.54) is 18.2 Å². The van der Waals surface area contributed by atoms with E-state index in [-0.39, 0.29) is 17.2 Å². The lowest BCUT2D eigenvalue weighted by atomic mass is 10.2. The number of carbonyl (C=O) groups excluding carboxylic acids is 2. The molecule has 6 heteroatoms. The Kier molecular flexibility index (Phi) is 5.86. The molecule has 102 valence electrons. The van der Waals surface area contributed by atoms with E-state index in [0.717, 1.165) is 0 Å². The number of halogens is 2. The van der Waals surface area contributed by atoms with Gasteiger partial charge in [0.05, 0.1) is 17.2 Å². The Bertz CT molecular complexity index is 527. The second kappa shape index (κ2) is 7.16. The lowest BCUT2D eigenvalue weighted by Crippen LogP contribution is -2.22. The van der Waals surface area contributed by atoms with Crippen molar-refractivity contribution < 1.29 is 14.3 Å². The van der Waals surface area contributed by atoms with E-state index in [1.54, 1.807) is 19.9 Å². The average Bonchev–Trinajstić information content (AvgIpc) is 2.28. The van der Waals surface area contributed by atoms with Crippen molar-refractivity contribution in [2.24, 2.45) is 0 Å². The van der Waals surface area contributed by atoms with Crippen molar-refractivity contribution in [3.63, 3.8) is 0 Å². The zero-order valence-electron chi connectivity index (χ0n) is 10.5. The molecule has 0 spiro atoms. The van der Waals surface area contributed by atoms with Crippen LogP contribution >= 0.6 is 23.2 Å². The first-order chi connectivity index (χ1) is 8.93. The van der Waals surface area contributed by atoms with Gasteiger partial charge in [0.1, 0.15) is 0 Å². The average molecular weight is 302 g/mol. The first-order valence-corrected chi connectivity index (χ1v) is 6.31. The number of amides is 1. The van der Waals surface area contributed by atoms with Gasteiger partial charge in [-0.15, -0.1) is 0 Å². The van der Waals surface area contributed by atoms with Crippen LogP contribution in [0, 0.1) is 0 Å². The number of ether oxygens (including phenoxy) is 1. The highest BCUT2D eigenvalue weighted by Gasteiger charge is 2.11. The minimum atomic E-state index is -0.512. The van der Waals surface area contributed by atoms with E-state index in [2.05, 4.69) is 5.32 Å². The van der Waals surface area contributed by atoms with Gasteiger partial charge in [0.15, 0.2) is 0 Å². The standard InChI is InChI=1S/C13H13Cl2NO3/c1-3-19-12(17)6-8(2)16-13(18)10-5-4-9(14)7-11(10)15/h4-7H,3H2,1-2H3,(H,16,18)/b8-6+. The highest BCUT2D eigenvalue weighted by atomic mass is 35.5. The minimum Gasteiger partial charge on any atom is -0.463 e. The molecule has 0 aliphatic heterocycles. The molecule has 0 heterocycles. The maximum absolute atomic E-state index is 11.9. The number of esters is 1. The number of allylic oxidation sites excluding steroid dienone is 1. The largest absolute Gasteiger partial charge is 0.463 e. The Morgan fingerprint density at radius 1 is 1.37 bits per heavy atom. The monoisotopic (exact) mass is 301 g/mol. The van der Waals surface area contributed by atoms with Crippen molar-refractivity contribution in [1.82, 2.24) is 5.32 Å². The first kappa shape index (κ1) is 15.5. The number of benzene rings is 1. The summed E-state index contributed by atoms with van der Waals surface area (Å²) in [5, 5.41) is 3.23. The summed E-state index contributed by atoms with van der Waals surface area (Å²) < 4.78 is 4.73. The van der Waals surface area contributed by atoms with Crippen LogP contribution in [0.15, 0.2) is 30.0 Å². The molecule has 1 N–H and O–H groups in total. The highest BCUT2D eigenvalue weighted by molar-refractivity contribution is 6.36. The Labute approximate surface area is 121 Å². The Morgan fingerprint density at radius 2 is 2.05 bits per heavy atom.